The summed E-state index contributed by atoms with van der Waals surface area (Å²) in [5.74, 6) is -0.429. The van der Waals surface area contributed by atoms with Crippen LogP contribution in [0.15, 0.2) is 60.7 Å². The summed E-state index contributed by atoms with van der Waals surface area (Å²) in [7, 11) is 0. The van der Waals surface area contributed by atoms with Crippen molar-refractivity contribution in [2.45, 2.75) is 46.0 Å². The number of phenolic OH excluding ortho intramolecular Hbond substituents is 2. The first-order valence-corrected chi connectivity index (χ1v) is 12.0. The summed E-state index contributed by atoms with van der Waals surface area (Å²) >= 11 is 0. The van der Waals surface area contributed by atoms with Crippen molar-refractivity contribution in [2.75, 3.05) is 26.4 Å². The van der Waals surface area contributed by atoms with Gasteiger partial charge in [0.15, 0.2) is 23.0 Å². The zero-order chi connectivity index (χ0) is 27.6. The lowest BCUT2D eigenvalue weighted by molar-refractivity contribution is -0.140. The fourth-order valence-electron chi connectivity index (χ4n) is 3.49. The van der Waals surface area contributed by atoms with Crippen LogP contribution in [0, 0.1) is 0 Å². The van der Waals surface area contributed by atoms with Crippen LogP contribution in [0.5, 0.6) is 23.0 Å². The van der Waals surface area contributed by atoms with E-state index in [9.17, 15) is 19.8 Å². The molecule has 0 heterocycles. The zero-order valence-corrected chi connectivity index (χ0v) is 22.0. The largest absolute Gasteiger partial charge is 0.504 e. The lowest BCUT2D eigenvalue weighted by Gasteiger charge is -2.29. The molecule has 0 saturated heterocycles. The average Bonchev–Trinajstić information content (AvgIpc) is 2.84. The van der Waals surface area contributed by atoms with Crippen LogP contribution in [0.1, 0.15) is 51.7 Å². The van der Waals surface area contributed by atoms with Crippen LogP contribution >= 0.6 is 0 Å². The number of benzene rings is 2. The van der Waals surface area contributed by atoms with E-state index in [2.05, 4.69) is 13.2 Å². The fraction of sp³-hybridized carbons (Fsp3) is 0.379. The second-order valence-corrected chi connectivity index (χ2v) is 9.17. The van der Waals surface area contributed by atoms with Gasteiger partial charge in [-0.1, -0.05) is 51.3 Å². The molecule has 8 nitrogen and oxygen atoms in total. The van der Waals surface area contributed by atoms with E-state index in [0.29, 0.717) is 35.1 Å². The smallest absolute Gasteiger partial charge is 0.333 e. The molecule has 2 rings (SSSR count). The lowest BCUT2D eigenvalue weighted by atomic mass is 9.77. The van der Waals surface area contributed by atoms with Crippen molar-refractivity contribution in [3.63, 3.8) is 0 Å². The number of hydrogen-bond acceptors (Lipinski definition) is 8. The van der Waals surface area contributed by atoms with Gasteiger partial charge in [-0.05, 0) is 26.0 Å². The van der Waals surface area contributed by atoms with Crippen LogP contribution in [-0.2, 0) is 24.5 Å². The zero-order valence-electron chi connectivity index (χ0n) is 22.0. The molecular weight excluding hydrogens is 476 g/mol. The predicted octanol–water partition coefficient (Wildman–Crippen LogP) is 5.20. The number of carbonyl (C=O) groups excluding carboxylic acids is 2. The van der Waals surface area contributed by atoms with Crippen LogP contribution in [0.4, 0.5) is 0 Å². The maximum Gasteiger partial charge on any atom is 0.333 e. The summed E-state index contributed by atoms with van der Waals surface area (Å²) in [6, 6.07) is 10.3. The molecule has 37 heavy (non-hydrogen) atoms. The lowest BCUT2D eigenvalue weighted by Crippen LogP contribution is -2.20. The van der Waals surface area contributed by atoms with Crippen molar-refractivity contribution in [1.82, 2.24) is 0 Å². The number of esters is 2. The van der Waals surface area contributed by atoms with Crippen LogP contribution in [0.2, 0.25) is 0 Å². The first kappa shape index (κ1) is 29.3. The van der Waals surface area contributed by atoms with E-state index in [1.807, 2.05) is 13.8 Å². The Morgan fingerprint density at radius 2 is 1.11 bits per heavy atom. The Morgan fingerprint density at radius 3 is 1.46 bits per heavy atom. The highest BCUT2D eigenvalue weighted by Crippen LogP contribution is 2.46. The third kappa shape index (κ3) is 8.03. The number of ether oxygens (including phenoxy) is 4. The van der Waals surface area contributed by atoms with Gasteiger partial charge in [0.1, 0.15) is 0 Å². The molecule has 0 aliphatic heterocycles. The van der Waals surface area contributed by atoms with Gasteiger partial charge in [0.2, 0.25) is 0 Å². The van der Waals surface area contributed by atoms with Gasteiger partial charge < -0.3 is 29.2 Å². The van der Waals surface area contributed by atoms with E-state index >= 15 is 0 Å². The quantitative estimate of drug-likeness (QED) is 0.202. The first-order chi connectivity index (χ1) is 17.5. The summed E-state index contributed by atoms with van der Waals surface area (Å²) in [6.45, 7) is 14.8. The minimum absolute atomic E-state index is 0.0449. The summed E-state index contributed by atoms with van der Waals surface area (Å²) in [5.41, 5.74) is 0.961. The van der Waals surface area contributed by atoms with Crippen molar-refractivity contribution >= 4 is 11.9 Å². The van der Waals surface area contributed by atoms with Gasteiger partial charge in [0.05, 0.1) is 26.4 Å². The molecule has 8 heteroatoms. The molecular formula is C29H36O8. The second kappa shape index (κ2) is 13.4. The normalized spacial score (nSPS) is 10.9. The van der Waals surface area contributed by atoms with Crippen LogP contribution in [0.25, 0.3) is 0 Å². The number of aromatic hydroxyl groups is 2. The monoisotopic (exact) mass is 512 g/mol. The minimum Gasteiger partial charge on any atom is -0.504 e. The van der Waals surface area contributed by atoms with Crippen molar-refractivity contribution in [3.05, 3.63) is 71.8 Å². The van der Waals surface area contributed by atoms with Gasteiger partial charge in [-0.15, -0.1) is 0 Å². The molecule has 2 N–H and O–H groups in total. The molecule has 0 spiro atoms. The van der Waals surface area contributed by atoms with Gasteiger partial charge in [0.25, 0.3) is 0 Å². The van der Waals surface area contributed by atoms with Crippen molar-refractivity contribution in [3.8, 4) is 23.0 Å². The summed E-state index contributed by atoms with van der Waals surface area (Å²) in [4.78, 5) is 22.9. The standard InChI is InChI=1S/C29H36O8/c1-19(2)27(32)36-17-9-15-34-23-13-7-11-21(25(23)30)29(5,6)22-12-8-14-24(26(22)31)35-16-10-18-37-28(33)20(3)4/h7-8,11-14,30-31H,1,3,9-10,15-18H2,2,4-6H3. The molecule has 2 aromatic carbocycles. The van der Waals surface area contributed by atoms with Gasteiger partial charge in [-0.25, -0.2) is 9.59 Å². The highest BCUT2D eigenvalue weighted by Gasteiger charge is 2.31. The molecule has 0 aromatic heterocycles. The first-order valence-electron chi connectivity index (χ1n) is 12.0. The molecule has 2 aromatic rings. The van der Waals surface area contributed by atoms with E-state index in [1.54, 1.807) is 50.2 Å². The minimum atomic E-state index is -0.805. The van der Waals surface area contributed by atoms with Gasteiger partial charge in [0, 0.05) is 40.5 Å². The van der Waals surface area contributed by atoms with E-state index in [-0.39, 0.29) is 49.4 Å². The van der Waals surface area contributed by atoms with Crippen LogP contribution in [-0.4, -0.2) is 48.6 Å². The van der Waals surface area contributed by atoms with Crippen molar-refractivity contribution in [2.24, 2.45) is 0 Å². The van der Waals surface area contributed by atoms with Crippen molar-refractivity contribution in [1.29, 1.82) is 0 Å². The molecule has 0 saturated carbocycles. The molecule has 0 unspecified atom stereocenters. The molecule has 200 valence electrons. The second-order valence-electron chi connectivity index (χ2n) is 9.17. The van der Waals surface area contributed by atoms with Gasteiger partial charge >= 0.3 is 11.9 Å². The van der Waals surface area contributed by atoms with E-state index in [0.717, 1.165) is 0 Å². The summed E-state index contributed by atoms with van der Waals surface area (Å²) in [5, 5.41) is 21.9. The van der Waals surface area contributed by atoms with Gasteiger partial charge in [-0.2, -0.15) is 0 Å². The number of hydrogen-bond donors (Lipinski definition) is 2. The van der Waals surface area contributed by atoms with Crippen LogP contribution in [0.3, 0.4) is 0 Å². The molecule has 0 amide bonds. The fourth-order valence-corrected chi connectivity index (χ4v) is 3.49. The number of para-hydroxylation sites is 2. The Balaban J connectivity index is 2.06. The Morgan fingerprint density at radius 1 is 0.730 bits per heavy atom. The van der Waals surface area contributed by atoms with E-state index in [1.165, 1.54) is 0 Å². The molecule has 0 bridgehead atoms. The molecule has 0 atom stereocenters. The summed E-state index contributed by atoms with van der Waals surface area (Å²) in [6.07, 6.45) is 0.886. The highest BCUT2D eigenvalue weighted by atomic mass is 16.5. The Kier molecular flexibility index (Phi) is 10.6. The SMILES string of the molecule is C=C(C)C(=O)OCCCOc1cccc(C(C)(C)c2cccc(OCCCOC(=O)C(=C)C)c2O)c1O. The third-order valence-corrected chi connectivity index (χ3v) is 5.60. The number of phenols is 2. The Labute approximate surface area is 218 Å². The number of carbonyl (C=O) groups is 2. The summed E-state index contributed by atoms with van der Waals surface area (Å²) < 4.78 is 21.5. The molecule has 0 fully saturated rings. The maximum atomic E-state index is 11.5. The molecule has 0 aliphatic rings. The molecule has 0 radical (unpaired) electrons. The topological polar surface area (TPSA) is 112 Å². The third-order valence-electron chi connectivity index (χ3n) is 5.60. The maximum absolute atomic E-state index is 11.5. The Hall–Kier alpha value is -3.94. The van der Waals surface area contributed by atoms with E-state index in [4.69, 9.17) is 18.9 Å². The molecule has 0 aliphatic carbocycles. The Bertz CT molecular complexity index is 1050. The predicted molar refractivity (Wildman–Crippen MR) is 140 cm³/mol. The highest BCUT2D eigenvalue weighted by molar-refractivity contribution is 5.87. The van der Waals surface area contributed by atoms with Crippen molar-refractivity contribution < 1.29 is 38.7 Å². The van der Waals surface area contributed by atoms with E-state index < -0.39 is 17.4 Å². The van der Waals surface area contributed by atoms with Gasteiger partial charge in [-0.3, -0.25) is 0 Å². The number of rotatable bonds is 14. The van der Waals surface area contributed by atoms with Crippen LogP contribution < -0.4 is 9.47 Å². The average molecular weight is 513 g/mol.